The minimum Gasteiger partial charge on any atom is -0.376 e. The fourth-order valence-electron chi connectivity index (χ4n) is 2.61. The van der Waals surface area contributed by atoms with Crippen LogP contribution in [0.3, 0.4) is 0 Å². The number of carbonyl (C=O) groups excluding carboxylic acids is 1. The van der Waals surface area contributed by atoms with Crippen LogP contribution in [0.25, 0.3) is 0 Å². The van der Waals surface area contributed by atoms with Crippen LogP contribution in [-0.2, 0) is 4.79 Å². The van der Waals surface area contributed by atoms with Crippen LogP contribution in [0.4, 0.5) is 5.69 Å². The van der Waals surface area contributed by atoms with Gasteiger partial charge >= 0.3 is 0 Å². The van der Waals surface area contributed by atoms with E-state index in [4.69, 9.17) is 5.73 Å². The number of hydrogen-bond donors (Lipinski definition) is 2. The lowest BCUT2D eigenvalue weighted by Crippen LogP contribution is -2.47. The Morgan fingerprint density at radius 2 is 2.11 bits per heavy atom. The normalized spacial score (nSPS) is 19.3. The molecule has 1 saturated heterocycles. The largest absolute Gasteiger partial charge is 0.376 e. The van der Waals surface area contributed by atoms with Crippen molar-refractivity contribution in [3.05, 3.63) is 29.3 Å². The number of nitrogens with one attached hydrogen (secondary N) is 1. The maximum Gasteiger partial charge on any atom is 0.241 e. The maximum absolute atomic E-state index is 12.1. The van der Waals surface area contributed by atoms with E-state index in [0.29, 0.717) is 13.1 Å². The molecule has 1 heterocycles. The lowest BCUT2D eigenvalue weighted by atomic mass is 10.1. The molecule has 0 spiro atoms. The summed E-state index contributed by atoms with van der Waals surface area (Å²) >= 11 is 0. The number of amides is 1. The summed E-state index contributed by atoms with van der Waals surface area (Å²) in [5, 5.41) is 3.26. The Morgan fingerprint density at radius 1 is 1.42 bits per heavy atom. The van der Waals surface area contributed by atoms with Crippen molar-refractivity contribution in [3.63, 3.8) is 0 Å². The second kappa shape index (κ2) is 6.06. The molecule has 1 aromatic rings. The Balaban J connectivity index is 1.93. The van der Waals surface area contributed by atoms with Crippen molar-refractivity contribution in [1.82, 2.24) is 4.90 Å². The molecule has 1 unspecified atom stereocenters. The fraction of sp³-hybridized carbons (Fsp3) is 0.533. The molecule has 4 nitrogen and oxygen atoms in total. The lowest BCUT2D eigenvalue weighted by molar-refractivity contribution is -0.130. The summed E-state index contributed by atoms with van der Waals surface area (Å²) in [6.45, 7) is 5.97. The fourth-order valence-corrected chi connectivity index (χ4v) is 2.61. The predicted molar refractivity (Wildman–Crippen MR) is 78.2 cm³/mol. The third kappa shape index (κ3) is 3.47. The van der Waals surface area contributed by atoms with E-state index < -0.39 is 0 Å². The molecule has 1 aliphatic rings. The van der Waals surface area contributed by atoms with Crippen molar-refractivity contribution in [2.45, 2.75) is 32.7 Å². The van der Waals surface area contributed by atoms with Crippen molar-refractivity contribution < 1.29 is 4.79 Å². The van der Waals surface area contributed by atoms with Gasteiger partial charge in [-0.1, -0.05) is 18.2 Å². The van der Waals surface area contributed by atoms with Gasteiger partial charge in [0.25, 0.3) is 0 Å². The van der Waals surface area contributed by atoms with Gasteiger partial charge in [0.1, 0.15) is 0 Å². The molecule has 1 amide bonds. The number of rotatable bonds is 3. The van der Waals surface area contributed by atoms with E-state index in [1.807, 2.05) is 11.0 Å². The van der Waals surface area contributed by atoms with E-state index in [1.54, 1.807) is 0 Å². The molecule has 0 radical (unpaired) electrons. The molecule has 0 bridgehead atoms. The van der Waals surface area contributed by atoms with Crippen molar-refractivity contribution in [2.75, 3.05) is 25.0 Å². The van der Waals surface area contributed by atoms with Gasteiger partial charge in [-0.2, -0.15) is 0 Å². The molecule has 1 atom stereocenters. The molecule has 1 aliphatic heterocycles. The first kappa shape index (κ1) is 13.9. The zero-order valence-electron chi connectivity index (χ0n) is 11.8. The van der Waals surface area contributed by atoms with E-state index in [0.717, 1.165) is 25.1 Å². The third-order valence-electron chi connectivity index (χ3n) is 3.71. The molecule has 4 heteroatoms. The van der Waals surface area contributed by atoms with Crippen LogP contribution in [0.5, 0.6) is 0 Å². The van der Waals surface area contributed by atoms with Crippen LogP contribution in [0.1, 0.15) is 24.0 Å². The van der Waals surface area contributed by atoms with E-state index >= 15 is 0 Å². The Morgan fingerprint density at radius 3 is 2.74 bits per heavy atom. The van der Waals surface area contributed by atoms with Crippen molar-refractivity contribution >= 4 is 11.6 Å². The van der Waals surface area contributed by atoms with Gasteiger partial charge in [0.15, 0.2) is 0 Å². The van der Waals surface area contributed by atoms with E-state index in [1.165, 1.54) is 11.1 Å². The summed E-state index contributed by atoms with van der Waals surface area (Å²) < 4.78 is 0. The summed E-state index contributed by atoms with van der Waals surface area (Å²) in [6, 6.07) is 6.27. The van der Waals surface area contributed by atoms with Crippen LogP contribution in [-0.4, -0.2) is 36.5 Å². The lowest BCUT2D eigenvalue weighted by Gasteiger charge is -2.31. The molecule has 0 aliphatic carbocycles. The molecule has 1 aromatic carbocycles. The molecular formula is C15H23N3O. The van der Waals surface area contributed by atoms with Crippen molar-refractivity contribution in [2.24, 2.45) is 5.73 Å². The highest BCUT2D eigenvalue weighted by molar-refractivity contribution is 5.81. The SMILES string of the molecule is Cc1cccc(C)c1NCC(=O)N1CCCC(N)C1. The Bertz CT molecular complexity index is 438. The number of likely N-dealkylation sites (tertiary alicyclic amines) is 1. The van der Waals surface area contributed by atoms with Crippen molar-refractivity contribution in [3.8, 4) is 0 Å². The highest BCUT2D eigenvalue weighted by Crippen LogP contribution is 2.19. The first-order valence-electron chi connectivity index (χ1n) is 6.91. The molecule has 3 N–H and O–H groups in total. The van der Waals surface area contributed by atoms with Gasteiger partial charge in [-0.15, -0.1) is 0 Å². The van der Waals surface area contributed by atoms with Gasteiger partial charge in [0.05, 0.1) is 6.54 Å². The zero-order valence-corrected chi connectivity index (χ0v) is 11.8. The highest BCUT2D eigenvalue weighted by Gasteiger charge is 2.20. The summed E-state index contributed by atoms with van der Waals surface area (Å²) in [5.74, 6) is 0.137. The van der Waals surface area contributed by atoms with Crippen LogP contribution >= 0.6 is 0 Å². The summed E-state index contributed by atoms with van der Waals surface area (Å²) in [5.41, 5.74) is 9.31. The minimum absolute atomic E-state index is 0.137. The van der Waals surface area contributed by atoms with Gasteiger partial charge in [-0.3, -0.25) is 4.79 Å². The molecule has 0 aromatic heterocycles. The standard InChI is InChI=1S/C15H23N3O/c1-11-5-3-6-12(2)15(11)17-9-14(19)18-8-4-7-13(16)10-18/h3,5-6,13,17H,4,7-10,16H2,1-2H3. The summed E-state index contributed by atoms with van der Waals surface area (Å²) in [7, 11) is 0. The van der Waals surface area contributed by atoms with Gasteiger partial charge in [0, 0.05) is 24.8 Å². The van der Waals surface area contributed by atoms with E-state index in [2.05, 4.69) is 31.3 Å². The number of nitrogens with zero attached hydrogens (tertiary/aromatic N) is 1. The summed E-state index contributed by atoms with van der Waals surface area (Å²) in [4.78, 5) is 14.0. The van der Waals surface area contributed by atoms with Gasteiger partial charge < -0.3 is 16.0 Å². The van der Waals surface area contributed by atoms with Crippen molar-refractivity contribution in [1.29, 1.82) is 0 Å². The zero-order chi connectivity index (χ0) is 13.8. The van der Waals surface area contributed by atoms with Crippen LogP contribution in [0.15, 0.2) is 18.2 Å². The number of aryl methyl sites for hydroxylation is 2. The quantitative estimate of drug-likeness (QED) is 0.870. The highest BCUT2D eigenvalue weighted by atomic mass is 16.2. The molecule has 0 saturated carbocycles. The molecule has 2 rings (SSSR count). The number of para-hydroxylation sites is 1. The Labute approximate surface area is 115 Å². The average molecular weight is 261 g/mol. The van der Waals surface area contributed by atoms with Gasteiger partial charge in [-0.05, 0) is 37.8 Å². The van der Waals surface area contributed by atoms with E-state index in [-0.39, 0.29) is 11.9 Å². The van der Waals surface area contributed by atoms with Gasteiger partial charge in [-0.25, -0.2) is 0 Å². The molecule has 19 heavy (non-hydrogen) atoms. The number of nitrogens with two attached hydrogens (primary N) is 1. The Kier molecular flexibility index (Phi) is 4.43. The number of carbonyl (C=O) groups is 1. The third-order valence-corrected chi connectivity index (χ3v) is 3.71. The molecule has 104 valence electrons. The van der Waals surface area contributed by atoms with Crippen LogP contribution < -0.4 is 11.1 Å². The van der Waals surface area contributed by atoms with E-state index in [9.17, 15) is 4.79 Å². The number of piperidine rings is 1. The Hall–Kier alpha value is -1.55. The minimum atomic E-state index is 0.137. The predicted octanol–water partition coefficient (Wildman–Crippen LogP) is 1.67. The second-order valence-corrected chi connectivity index (χ2v) is 5.36. The average Bonchev–Trinajstić information content (AvgIpc) is 2.38. The number of hydrogen-bond acceptors (Lipinski definition) is 3. The topological polar surface area (TPSA) is 58.4 Å². The summed E-state index contributed by atoms with van der Waals surface area (Å²) in [6.07, 6.45) is 2.03. The second-order valence-electron chi connectivity index (χ2n) is 5.36. The van der Waals surface area contributed by atoms with Gasteiger partial charge in [0.2, 0.25) is 5.91 Å². The number of benzene rings is 1. The first-order valence-corrected chi connectivity index (χ1v) is 6.91. The number of anilines is 1. The monoisotopic (exact) mass is 261 g/mol. The first-order chi connectivity index (χ1) is 9.08. The van der Waals surface area contributed by atoms with Crippen LogP contribution in [0.2, 0.25) is 0 Å². The molecule has 1 fully saturated rings. The smallest absolute Gasteiger partial charge is 0.241 e. The van der Waals surface area contributed by atoms with Crippen LogP contribution in [0, 0.1) is 13.8 Å². The molecular weight excluding hydrogens is 238 g/mol. The maximum atomic E-state index is 12.1.